The van der Waals surface area contributed by atoms with Crippen molar-refractivity contribution >= 4 is 5.97 Å². The van der Waals surface area contributed by atoms with E-state index in [9.17, 15) is 4.79 Å². The van der Waals surface area contributed by atoms with Gasteiger partial charge in [0.25, 0.3) is 0 Å². The van der Waals surface area contributed by atoms with Crippen LogP contribution in [0, 0.1) is 0 Å². The quantitative estimate of drug-likeness (QED) is 0.786. The Labute approximate surface area is 122 Å². The Kier molecular flexibility index (Phi) is 5.81. The molecular weight excluding hydrogens is 256 g/mol. The lowest BCUT2D eigenvalue weighted by Gasteiger charge is -2.43. The standard InChI is InChI=1S/C15H28N2O3/c1-3-16-15(14(18)19-2)7-4-6-13(12-15)17-8-5-10-20-11-9-17/h13,16H,3-12H2,1-2H3. The molecule has 1 aliphatic heterocycles. The molecule has 0 aromatic heterocycles. The van der Waals surface area contributed by atoms with E-state index in [0.717, 1.165) is 58.5 Å². The molecule has 0 amide bonds. The highest BCUT2D eigenvalue weighted by molar-refractivity contribution is 5.81. The Morgan fingerprint density at radius 2 is 2.25 bits per heavy atom. The number of hydrogen-bond acceptors (Lipinski definition) is 5. The number of carbonyl (C=O) groups excluding carboxylic acids is 1. The highest BCUT2D eigenvalue weighted by atomic mass is 16.5. The molecule has 20 heavy (non-hydrogen) atoms. The van der Waals surface area contributed by atoms with Gasteiger partial charge in [-0.1, -0.05) is 6.92 Å². The first kappa shape index (κ1) is 15.7. The molecule has 1 aliphatic carbocycles. The molecule has 1 saturated carbocycles. The number of nitrogens with one attached hydrogen (secondary N) is 1. The van der Waals surface area contributed by atoms with Crippen LogP contribution in [0.1, 0.15) is 39.0 Å². The van der Waals surface area contributed by atoms with Crippen LogP contribution in [-0.4, -0.2) is 62.4 Å². The molecule has 0 aromatic rings. The molecular formula is C15H28N2O3. The normalized spacial score (nSPS) is 32.6. The highest BCUT2D eigenvalue weighted by Gasteiger charge is 2.44. The van der Waals surface area contributed by atoms with Crippen molar-refractivity contribution in [3.8, 4) is 0 Å². The fraction of sp³-hybridized carbons (Fsp3) is 0.933. The average molecular weight is 284 g/mol. The van der Waals surface area contributed by atoms with E-state index >= 15 is 0 Å². The lowest BCUT2D eigenvalue weighted by molar-refractivity contribution is -0.151. The fourth-order valence-corrected chi connectivity index (χ4v) is 3.64. The number of rotatable bonds is 4. The van der Waals surface area contributed by atoms with Gasteiger partial charge in [-0.25, -0.2) is 0 Å². The third kappa shape index (κ3) is 3.51. The summed E-state index contributed by atoms with van der Waals surface area (Å²) >= 11 is 0. The van der Waals surface area contributed by atoms with Crippen LogP contribution in [-0.2, 0) is 14.3 Å². The minimum absolute atomic E-state index is 0.102. The molecule has 116 valence electrons. The number of likely N-dealkylation sites (N-methyl/N-ethyl adjacent to an activating group) is 1. The second-order valence-corrected chi connectivity index (χ2v) is 5.86. The summed E-state index contributed by atoms with van der Waals surface area (Å²) in [6, 6.07) is 0.462. The molecule has 0 bridgehead atoms. The molecule has 2 aliphatic rings. The highest BCUT2D eigenvalue weighted by Crippen LogP contribution is 2.32. The number of ether oxygens (including phenoxy) is 2. The fourth-order valence-electron chi connectivity index (χ4n) is 3.64. The van der Waals surface area contributed by atoms with Crippen LogP contribution in [0.2, 0.25) is 0 Å². The van der Waals surface area contributed by atoms with Crippen molar-refractivity contribution in [2.75, 3.05) is 40.0 Å². The maximum Gasteiger partial charge on any atom is 0.326 e. The van der Waals surface area contributed by atoms with E-state index in [1.54, 1.807) is 0 Å². The number of carbonyl (C=O) groups is 1. The third-order valence-electron chi connectivity index (χ3n) is 4.59. The van der Waals surface area contributed by atoms with Crippen LogP contribution in [0.5, 0.6) is 0 Å². The zero-order valence-electron chi connectivity index (χ0n) is 12.8. The molecule has 5 nitrogen and oxygen atoms in total. The van der Waals surface area contributed by atoms with Crippen molar-refractivity contribution in [1.29, 1.82) is 0 Å². The van der Waals surface area contributed by atoms with Gasteiger partial charge in [0.2, 0.25) is 0 Å². The maximum atomic E-state index is 12.2. The second-order valence-electron chi connectivity index (χ2n) is 5.86. The summed E-state index contributed by atoms with van der Waals surface area (Å²) in [5, 5.41) is 3.40. The summed E-state index contributed by atoms with van der Waals surface area (Å²) in [7, 11) is 1.49. The summed E-state index contributed by atoms with van der Waals surface area (Å²) in [5.41, 5.74) is -0.487. The Bertz CT molecular complexity index is 312. The molecule has 0 radical (unpaired) electrons. The van der Waals surface area contributed by atoms with E-state index in [-0.39, 0.29) is 5.97 Å². The topological polar surface area (TPSA) is 50.8 Å². The summed E-state index contributed by atoms with van der Waals surface area (Å²) in [6.07, 6.45) is 5.07. The van der Waals surface area contributed by atoms with E-state index in [2.05, 4.69) is 10.2 Å². The molecule has 2 rings (SSSR count). The number of hydrogen-bond donors (Lipinski definition) is 1. The molecule has 2 unspecified atom stereocenters. The van der Waals surface area contributed by atoms with Crippen LogP contribution < -0.4 is 5.32 Å². The lowest BCUT2D eigenvalue weighted by Crippen LogP contribution is -2.59. The third-order valence-corrected chi connectivity index (χ3v) is 4.59. The van der Waals surface area contributed by atoms with E-state index in [4.69, 9.17) is 9.47 Å². The number of nitrogens with zero attached hydrogens (tertiary/aromatic N) is 1. The van der Waals surface area contributed by atoms with Gasteiger partial charge < -0.3 is 14.8 Å². The predicted molar refractivity (Wildman–Crippen MR) is 77.7 cm³/mol. The monoisotopic (exact) mass is 284 g/mol. The molecule has 1 heterocycles. The van der Waals surface area contributed by atoms with Gasteiger partial charge in [-0.2, -0.15) is 0 Å². The summed E-state index contributed by atoms with van der Waals surface area (Å²) in [6.45, 7) is 6.57. The van der Waals surface area contributed by atoms with Gasteiger partial charge in [-0.15, -0.1) is 0 Å². The van der Waals surface area contributed by atoms with Crippen LogP contribution in [0.15, 0.2) is 0 Å². The summed E-state index contributed by atoms with van der Waals surface area (Å²) in [5.74, 6) is -0.102. The van der Waals surface area contributed by atoms with Gasteiger partial charge in [0.1, 0.15) is 5.54 Å². The maximum absolute atomic E-state index is 12.2. The number of methoxy groups -OCH3 is 1. The van der Waals surface area contributed by atoms with Crippen LogP contribution in [0.25, 0.3) is 0 Å². The second kappa shape index (κ2) is 7.38. The largest absolute Gasteiger partial charge is 0.468 e. The van der Waals surface area contributed by atoms with Crippen molar-refractivity contribution < 1.29 is 14.3 Å². The van der Waals surface area contributed by atoms with Gasteiger partial charge in [-0.05, 0) is 38.6 Å². The minimum Gasteiger partial charge on any atom is -0.468 e. The van der Waals surface area contributed by atoms with Gasteiger partial charge >= 0.3 is 5.97 Å². The Morgan fingerprint density at radius 3 is 3.00 bits per heavy atom. The molecule has 1 N–H and O–H groups in total. The Hall–Kier alpha value is -0.650. The van der Waals surface area contributed by atoms with E-state index in [1.165, 1.54) is 13.5 Å². The lowest BCUT2D eigenvalue weighted by atomic mass is 9.78. The smallest absolute Gasteiger partial charge is 0.326 e. The van der Waals surface area contributed by atoms with Crippen molar-refractivity contribution in [2.24, 2.45) is 0 Å². The first-order valence-corrected chi connectivity index (χ1v) is 7.87. The summed E-state index contributed by atoms with van der Waals surface area (Å²) in [4.78, 5) is 14.7. The van der Waals surface area contributed by atoms with Crippen molar-refractivity contribution in [3.63, 3.8) is 0 Å². The van der Waals surface area contributed by atoms with Gasteiger partial charge in [-0.3, -0.25) is 9.69 Å². The molecule has 5 heteroatoms. The van der Waals surface area contributed by atoms with Crippen LogP contribution in [0.4, 0.5) is 0 Å². The van der Waals surface area contributed by atoms with Crippen LogP contribution in [0.3, 0.4) is 0 Å². The van der Waals surface area contributed by atoms with E-state index in [1.807, 2.05) is 6.92 Å². The number of esters is 1. The van der Waals surface area contributed by atoms with E-state index < -0.39 is 5.54 Å². The SMILES string of the molecule is CCNC1(C(=O)OC)CCCC(N2CCCOCC2)C1. The van der Waals surface area contributed by atoms with Crippen molar-refractivity contribution in [2.45, 2.75) is 50.6 Å². The zero-order valence-corrected chi connectivity index (χ0v) is 12.8. The van der Waals surface area contributed by atoms with Crippen molar-refractivity contribution in [1.82, 2.24) is 10.2 Å². The van der Waals surface area contributed by atoms with E-state index in [0.29, 0.717) is 6.04 Å². The first-order valence-electron chi connectivity index (χ1n) is 7.87. The first-order chi connectivity index (χ1) is 9.72. The van der Waals surface area contributed by atoms with Crippen molar-refractivity contribution in [3.05, 3.63) is 0 Å². The minimum atomic E-state index is -0.487. The molecule has 2 fully saturated rings. The zero-order chi connectivity index (χ0) is 14.4. The van der Waals surface area contributed by atoms with Gasteiger partial charge in [0, 0.05) is 25.7 Å². The molecule has 1 saturated heterocycles. The Balaban J connectivity index is 2.06. The average Bonchev–Trinajstić information content (AvgIpc) is 2.76. The Morgan fingerprint density at radius 1 is 1.40 bits per heavy atom. The molecule has 0 aromatic carbocycles. The molecule has 2 atom stereocenters. The van der Waals surface area contributed by atoms with Gasteiger partial charge in [0.05, 0.1) is 13.7 Å². The van der Waals surface area contributed by atoms with Gasteiger partial charge in [0.15, 0.2) is 0 Å². The van der Waals surface area contributed by atoms with Crippen LogP contribution >= 0.6 is 0 Å². The summed E-state index contributed by atoms with van der Waals surface area (Å²) < 4.78 is 10.6. The molecule has 0 spiro atoms. The predicted octanol–water partition coefficient (Wildman–Crippen LogP) is 1.17.